The van der Waals surface area contributed by atoms with Gasteiger partial charge >= 0.3 is 6.09 Å². The molecule has 0 saturated carbocycles. The average Bonchev–Trinajstić information content (AvgIpc) is 2.68. The molecular weight excluding hydrogens is 270 g/mol. The molecule has 1 amide bonds. The van der Waals surface area contributed by atoms with E-state index in [1.54, 1.807) is 25.5 Å². The normalized spacial score (nSPS) is 16.9. The van der Waals surface area contributed by atoms with E-state index in [1.807, 2.05) is 0 Å². The van der Waals surface area contributed by atoms with Gasteiger partial charge < -0.3 is 14.2 Å². The Kier molecular flexibility index (Phi) is 3.64. The van der Waals surface area contributed by atoms with E-state index in [1.165, 1.54) is 11.1 Å². The van der Waals surface area contributed by atoms with Gasteiger partial charge in [0.15, 0.2) is 11.1 Å². The Hall–Kier alpha value is -1.41. The molecule has 7 nitrogen and oxygen atoms in total. The van der Waals surface area contributed by atoms with Crippen molar-refractivity contribution in [3.63, 3.8) is 0 Å². The summed E-state index contributed by atoms with van der Waals surface area (Å²) >= 11 is -2.10. The fraction of sp³-hybridized carbons (Fsp3) is 0.636. The Bertz CT molecular complexity index is 521. The number of rotatable bonds is 1. The van der Waals surface area contributed by atoms with Crippen molar-refractivity contribution in [2.45, 2.75) is 44.4 Å². The highest BCUT2D eigenvalue weighted by molar-refractivity contribution is 7.79. The third-order valence-corrected chi connectivity index (χ3v) is 3.39. The molecule has 2 rings (SSSR count). The standard InChI is InChI=1S/C11H17N3O4S/c1-11(2,3)18-10(15)13-4-5-14-8(7-13)9(6-12-14)19(16)17/h6H,4-5,7H2,1-3H3,(H,16,17). The maximum Gasteiger partial charge on any atom is 0.410 e. The quantitative estimate of drug-likeness (QED) is 0.785. The Morgan fingerprint density at radius 3 is 2.74 bits per heavy atom. The molecule has 1 aromatic rings. The molecule has 0 radical (unpaired) electrons. The van der Waals surface area contributed by atoms with Crippen LogP contribution < -0.4 is 0 Å². The van der Waals surface area contributed by atoms with Crippen LogP contribution in [-0.2, 0) is 28.9 Å². The summed E-state index contributed by atoms with van der Waals surface area (Å²) in [6.07, 6.45) is 0.943. The molecule has 1 aliphatic rings. The number of hydrogen-bond donors (Lipinski definition) is 1. The third kappa shape index (κ3) is 3.13. The van der Waals surface area contributed by atoms with E-state index >= 15 is 0 Å². The van der Waals surface area contributed by atoms with Crippen LogP contribution in [-0.4, -0.2) is 41.7 Å². The summed E-state index contributed by atoms with van der Waals surface area (Å²) in [5, 5.41) is 4.03. The fourth-order valence-corrected chi connectivity index (χ4v) is 2.36. The number of amides is 1. The summed E-state index contributed by atoms with van der Waals surface area (Å²) in [6, 6.07) is 0. The maximum absolute atomic E-state index is 12.0. The Morgan fingerprint density at radius 2 is 2.16 bits per heavy atom. The van der Waals surface area contributed by atoms with Gasteiger partial charge in [0.25, 0.3) is 0 Å². The first kappa shape index (κ1) is 14.0. The highest BCUT2D eigenvalue weighted by Gasteiger charge is 2.28. The lowest BCUT2D eigenvalue weighted by molar-refractivity contribution is 0.0192. The molecule has 0 aromatic carbocycles. The first-order valence-electron chi connectivity index (χ1n) is 5.91. The minimum absolute atomic E-state index is 0.233. The van der Waals surface area contributed by atoms with Crippen LogP contribution in [0, 0.1) is 0 Å². The molecule has 0 bridgehead atoms. The number of hydrogen-bond acceptors (Lipinski definition) is 4. The predicted octanol–water partition coefficient (Wildman–Crippen LogP) is 1.21. The summed E-state index contributed by atoms with van der Waals surface area (Å²) in [4.78, 5) is 13.7. The molecule has 1 unspecified atom stereocenters. The van der Waals surface area contributed by atoms with Crippen molar-refractivity contribution >= 4 is 17.2 Å². The summed E-state index contributed by atoms with van der Waals surface area (Å²) < 4.78 is 27.3. The average molecular weight is 287 g/mol. The molecule has 1 N–H and O–H groups in total. The van der Waals surface area contributed by atoms with Gasteiger partial charge in [-0.1, -0.05) is 0 Å². The highest BCUT2D eigenvalue weighted by atomic mass is 32.2. The van der Waals surface area contributed by atoms with Gasteiger partial charge in [-0.15, -0.1) is 0 Å². The van der Waals surface area contributed by atoms with Gasteiger partial charge in [0.05, 0.1) is 25.0 Å². The zero-order valence-electron chi connectivity index (χ0n) is 11.1. The molecule has 19 heavy (non-hydrogen) atoms. The molecule has 2 heterocycles. The number of ether oxygens (including phenoxy) is 1. The van der Waals surface area contributed by atoms with Crippen molar-refractivity contribution in [1.29, 1.82) is 0 Å². The molecule has 0 fully saturated rings. The second-order valence-electron chi connectivity index (χ2n) is 5.33. The molecule has 8 heteroatoms. The second-order valence-corrected chi connectivity index (χ2v) is 6.27. The summed E-state index contributed by atoms with van der Waals surface area (Å²) in [7, 11) is 0. The molecule has 1 aliphatic heterocycles. The van der Waals surface area contributed by atoms with E-state index in [0.29, 0.717) is 18.8 Å². The lowest BCUT2D eigenvalue weighted by atomic mass is 10.2. The van der Waals surface area contributed by atoms with Crippen LogP contribution in [0.25, 0.3) is 0 Å². The van der Waals surface area contributed by atoms with Crippen molar-refractivity contribution in [2.75, 3.05) is 6.54 Å². The smallest absolute Gasteiger partial charge is 0.410 e. The second kappa shape index (κ2) is 4.93. The van der Waals surface area contributed by atoms with E-state index in [0.717, 1.165) is 0 Å². The van der Waals surface area contributed by atoms with Crippen molar-refractivity contribution in [3.05, 3.63) is 11.9 Å². The minimum atomic E-state index is -2.10. The molecule has 0 saturated heterocycles. The molecule has 1 atom stereocenters. The predicted molar refractivity (Wildman–Crippen MR) is 67.9 cm³/mol. The van der Waals surface area contributed by atoms with Crippen LogP contribution in [0.1, 0.15) is 26.5 Å². The van der Waals surface area contributed by atoms with Crippen molar-refractivity contribution in [3.8, 4) is 0 Å². The largest absolute Gasteiger partial charge is 0.444 e. The summed E-state index contributed by atoms with van der Waals surface area (Å²) in [5.41, 5.74) is 0.0233. The van der Waals surface area contributed by atoms with Crippen molar-refractivity contribution < 1.29 is 18.3 Å². The fourth-order valence-electron chi connectivity index (χ4n) is 1.85. The van der Waals surface area contributed by atoms with Gasteiger partial charge in [-0.2, -0.15) is 5.10 Å². The number of carbonyl (C=O) groups is 1. The van der Waals surface area contributed by atoms with Gasteiger partial charge in [0.1, 0.15) is 10.5 Å². The SMILES string of the molecule is CC(C)(C)OC(=O)N1CCn2ncc(S(=O)O)c2C1. The van der Waals surface area contributed by atoms with Crippen molar-refractivity contribution in [1.82, 2.24) is 14.7 Å². The van der Waals surface area contributed by atoms with E-state index < -0.39 is 22.8 Å². The summed E-state index contributed by atoms with van der Waals surface area (Å²) in [5.74, 6) is 0. The third-order valence-electron chi connectivity index (χ3n) is 2.67. The molecule has 1 aromatic heterocycles. The van der Waals surface area contributed by atoms with Gasteiger partial charge in [-0.25, -0.2) is 9.00 Å². The first-order chi connectivity index (χ1) is 8.78. The molecular formula is C11H17N3O4S. The zero-order valence-corrected chi connectivity index (χ0v) is 11.9. The van der Waals surface area contributed by atoms with Crippen LogP contribution >= 0.6 is 0 Å². The summed E-state index contributed by atoms with van der Waals surface area (Å²) in [6.45, 7) is 6.59. The topological polar surface area (TPSA) is 84.7 Å². The number of nitrogens with zero attached hydrogens (tertiary/aromatic N) is 3. The lowest BCUT2D eigenvalue weighted by Crippen LogP contribution is -2.41. The Morgan fingerprint density at radius 1 is 1.47 bits per heavy atom. The van der Waals surface area contributed by atoms with Gasteiger partial charge in [0, 0.05) is 6.54 Å². The Balaban J connectivity index is 2.15. The zero-order chi connectivity index (χ0) is 14.2. The maximum atomic E-state index is 12.0. The van der Waals surface area contributed by atoms with E-state index in [2.05, 4.69) is 5.10 Å². The molecule has 106 valence electrons. The van der Waals surface area contributed by atoms with E-state index in [-0.39, 0.29) is 11.4 Å². The van der Waals surface area contributed by atoms with Crippen molar-refractivity contribution in [2.24, 2.45) is 0 Å². The van der Waals surface area contributed by atoms with Gasteiger partial charge in [-0.3, -0.25) is 4.68 Å². The number of carbonyl (C=O) groups excluding carboxylic acids is 1. The molecule has 0 aliphatic carbocycles. The van der Waals surface area contributed by atoms with Gasteiger partial charge in [0.2, 0.25) is 0 Å². The van der Waals surface area contributed by atoms with Gasteiger partial charge in [-0.05, 0) is 20.8 Å². The number of fused-ring (bicyclic) bond motifs is 1. The molecule has 0 spiro atoms. The first-order valence-corrected chi connectivity index (χ1v) is 7.02. The van der Waals surface area contributed by atoms with E-state index in [9.17, 15) is 9.00 Å². The van der Waals surface area contributed by atoms with Crippen LogP contribution in [0.3, 0.4) is 0 Å². The minimum Gasteiger partial charge on any atom is -0.444 e. The van der Waals surface area contributed by atoms with E-state index in [4.69, 9.17) is 9.29 Å². The lowest BCUT2D eigenvalue weighted by Gasteiger charge is -2.30. The number of aromatic nitrogens is 2. The van der Waals surface area contributed by atoms with Crippen LogP contribution in [0.2, 0.25) is 0 Å². The van der Waals surface area contributed by atoms with Crippen LogP contribution in [0.5, 0.6) is 0 Å². The van der Waals surface area contributed by atoms with Crippen LogP contribution in [0.15, 0.2) is 11.1 Å². The monoisotopic (exact) mass is 287 g/mol. The highest BCUT2D eigenvalue weighted by Crippen LogP contribution is 2.20. The Labute approximate surface area is 113 Å². The van der Waals surface area contributed by atoms with Crippen LogP contribution in [0.4, 0.5) is 4.79 Å².